The summed E-state index contributed by atoms with van der Waals surface area (Å²) in [4.78, 5) is 4.62. The van der Waals surface area contributed by atoms with Gasteiger partial charge in [-0.05, 0) is 30.3 Å². The number of thioether (sulfide) groups is 1. The summed E-state index contributed by atoms with van der Waals surface area (Å²) in [5.41, 5.74) is 2.24. The van der Waals surface area contributed by atoms with Gasteiger partial charge in [-0.15, -0.1) is 11.3 Å². The van der Waals surface area contributed by atoms with Crippen LogP contribution in [0.15, 0.2) is 57.3 Å². The lowest BCUT2D eigenvalue weighted by Crippen LogP contribution is -2.03. The molecule has 1 heterocycles. The summed E-state index contributed by atoms with van der Waals surface area (Å²) >= 11 is 7.04. The number of anilines is 1. The highest BCUT2D eigenvalue weighted by molar-refractivity contribution is 9.10. The smallest absolute Gasteiger partial charge is 0.151 e. The monoisotopic (exact) mass is 364 g/mol. The second-order valence-electron chi connectivity index (χ2n) is 4.23. The first-order chi connectivity index (χ1) is 9.81. The lowest BCUT2D eigenvalue weighted by atomic mass is 10.3. The van der Waals surface area contributed by atoms with Crippen molar-refractivity contribution in [3.63, 3.8) is 0 Å². The molecular weight excluding hydrogens is 352 g/mol. The maximum atomic E-state index is 4.62. The molecule has 0 saturated carbocycles. The fourth-order valence-corrected chi connectivity index (χ4v) is 4.24. The Hall–Kier alpha value is -1.04. The third kappa shape index (κ3) is 3.53. The summed E-state index contributed by atoms with van der Waals surface area (Å²) in [6, 6.07) is 16.5. The van der Waals surface area contributed by atoms with Crippen LogP contribution in [-0.4, -0.2) is 17.3 Å². The maximum Gasteiger partial charge on any atom is 0.151 e. The van der Waals surface area contributed by atoms with Gasteiger partial charge in [0, 0.05) is 22.5 Å². The van der Waals surface area contributed by atoms with Crippen molar-refractivity contribution in [1.82, 2.24) is 4.98 Å². The molecule has 0 aliphatic heterocycles. The Balaban J connectivity index is 1.52. The van der Waals surface area contributed by atoms with Crippen LogP contribution in [0.25, 0.3) is 10.2 Å². The number of hydrogen-bond acceptors (Lipinski definition) is 4. The van der Waals surface area contributed by atoms with Gasteiger partial charge in [-0.2, -0.15) is 0 Å². The second kappa shape index (κ2) is 6.61. The molecule has 1 aromatic heterocycles. The number of halogens is 1. The third-order valence-corrected chi connectivity index (χ3v) is 5.43. The number of benzene rings is 2. The largest absolute Gasteiger partial charge is 0.384 e. The first-order valence-corrected chi connectivity index (χ1v) is 8.88. The number of fused-ring (bicyclic) bond motifs is 1. The number of para-hydroxylation sites is 1. The molecule has 0 saturated heterocycles. The summed E-state index contributed by atoms with van der Waals surface area (Å²) in [7, 11) is 0. The van der Waals surface area contributed by atoms with Gasteiger partial charge >= 0.3 is 0 Å². The number of nitrogens with zero attached hydrogens (tertiary/aromatic N) is 1. The number of hydrogen-bond donors (Lipinski definition) is 1. The Morgan fingerprint density at radius 3 is 2.90 bits per heavy atom. The van der Waals surface area contributed by atoms with Gasteiger partial charge in [0.1, 0.15) is 0 Å². The molecule has 0 spiro atoms. The van der Waals surface area contributed by atoms with E-state index in [0.29, 0.717) is 0 Å². The van der Waals surface area contributed by atoms with Crippen molar-refractivity contribution in [3.8, 4) is 0 Å². The van der Waals surface area contributed by atoms with Gasteiger partial charge in [0.2, 0.25) is 0 Å². The molecule has 2 aromatic carbocycles. The minimum Gasteiger partial charge on any atom is -0.384 e. The average Bonchev–Trinajstić information content (AvgIpc) is 2.86. The van der Waals surface area contributed by atoms with Crippen molar-refractivity contribution in [2.75, 3.05) is 17.6 Å². The number of thiazole rings is 1. The van der Waals surface area contributed by atoms with Crippen LogP contribution >= 0.6 is 39.0 Å². The normalized spacial score (nSPS) is 10.8. The van der Waals surface area contributed by atoms with Gasteiger partial charge in [-0.25, -0.2) is 4.98 Å². The predicted octanol–water partition coefficient (Wildman–Crippen LogP) is 5.26. The van der Waals surface area contributed by atoms with Gasteiger partial charge in [-0.3, -0.25) is 0 Å². The van der Waals surface area contributed by atoms with Crippen molar-refractivity contribution in [2.24, 2.45) is 0 Å². The number of rotatable bonds is 5. The molecule has 1 N–H and O–H groups in total. The third-order valence-electron chi connectivity index (χ3n) is 2.76. The Bertz CT molecular complexity index is 679. The number of nitrogens with one attached hydrogen (secondary N) is 1. The van der Waals surface area contributed by atoms with E-state index in [0.717, 1.165) is 32.3 Å². The summed E-state index contributed by atoms with van der Waals surface area (Å²) < 4.78 is 3.50. The molecule has 0 bridgehead atoms. The van der Waals surface area contributed by atoms with Crippen molar-refractivity contribution < 1.29 is 0 Å². The van der Waals surface area contributed by atoms with Crippen molar-refractivity contribution >= 4 is 54.9 Å². The predicted molar refractivity (Wildman–Crippen MR) is 93.0 cm³/mol. The average molecular weight is 365 g/mol. The molecule has 102 valence electrons. The second-order valence-corrected chi connectivity index (χ2v) is 7.52. The van der Waals surface area contributed by atoms with Gasteiger partial charge in [0.15, 0.2) is 4.34 Å². The minimum atomic E-state index is 0.928. The van der Waals surface area contributed by atoms with E-state index in [1.165, 1.54) is 4.70 Å². The molecule has 2 nitrogen and oxygen atoms in total. The fourth-order valence-electron chi connectivity index (χ4n) is 1.84. The van der Waals surface area contributed by atoms with E-state index < -0.39 is 0 Å². The molecule has 20 heavy (non-hydrogen) atoms. The quantitative estimate of drug-likeness (QED) is 0.493. The van der Waals surface area contributed by atoms with Crippen LogP contribution in [0.3, 0.4) is 0 Å². The molecule has 0 unspecified atom stereocenters. The first-order valence-electron chi connectivity index (χ1n) is 6.29. The standard InChI is InChI=1S/C15H13BrN2S2/c16-11-4-3-5-12(10-11)17-8-9-19-15-18-13-6-1-2-7-14(13)20-15/h1-7,10,17H,8-9H2. The van der Waals surface area contributed by atoms with E-state index in [-0.39, 0.29) is 0 Å². The Kier molecular flexibility index (Phi) is 4.60. The van der Waals surface area contributed by atoms with Crippen molar-refractivity contribution in [2.45, 2.75) is 4.34 Å². The summed E-state index contributed by atoms with van der Waals surface area (Å²) in [5.74, 6) is 1.01. The maximum absolute atomic E-state index is 4.62. The van der Waals surface area contributed by atoms with Crippen LogP contribution in [0.5, 0.6) is 0 Å². The van der Waals surface area contributed by atoms with E-state index in [2.05, 4.69) is 56.6 Å². The Morgan fingerprint density at radius 1 is 1.15 bits per heavy atom. The lowest BCUT2D eigenvalue weighted by molar-refractivity contribution is 1.21. The van der Waals surface area contributed by atoms with Gasteiger partial charge < -0.3 is 5.32 Å². The molecule has 3 aromatic rings. The van der Waals surface area contributed by atoms with E-state index in [1.807, 2.05) is 18.2 Å². The molecule has 0 aliphatic carbocycles. The van der Waals surface area contributed by atoms with Crippen molar-refractivity contribution in [1.29, 1.82) is 0 Å². The Labute approximate surface area is 134 Å². The van der Waals surface area contributed by atoms with Crippen LogP contribution in [0.4, 0.5) is 5.69 Å². The fraction of sp³-hybridized carbons (Fsp3) is 0.133. The summed E-state index contributed by atoms with van der Waals surface area (Å²) in [6.45, 7) is 0.928. The minimum absolute atomic E-state index is 0.928. The summed E-state index contributed by atoms with van der Waals surface area (Å²) in [6.07, 6.45) is 0. The number of aromatic nitrogens is 1. The van der Waals surface area contributed by atoms with Gasteiger partial charge in [-0.1, -0.05) is 45.9 Å². The molecule has 0 fully saturated rings. The van der Waals surface area contributed by atoms with Crippen LogP contribution < -0.4 is 5.32 Å². The molecule has 5 heteroatoms. The van der Waals surface area contributed by atoms with E-state index in [1.54, 1.807) is 23.1 Å². The highest BCUT2D eigenvalue weighted by atomic mass is 79.9. The lowest BCUT2D eigenvalue weighted by Gasteiger charge is -2.05. The molecule has 0 aliphatic rings. The van der Waals surface area contributed by atoms with Crippen LogP contribution in [0.2, 0.25) is 0 Å². The highest BCUT2D eigenvalue weighted by Crippen LogP contribution is 2.29. The molecule has 0 radical (unpaired) electrons. The van der Waals surface area contributed by atoms with Crippen molar-refractivity contribution in [3.05, 3.63) is 53.0 Å². The zero-order chi connectivity index (χ0) is 13.8. The highest BCUT2D eigenvalue weighted by Gasteiger charge is 2.03. The zero-order valence-corrected chi connectivity index (χ0v) is 13.9. The van der Waals surface area contributed by atoms with Crippen LogP contribution in [0.1, 0.15) is 0 Å². The van der Waals surface area contributed by atoms with Gasteiger partial charge in [0.25, 0.3) is 0 Å². The SMILES string of the molecule is Brc1cccc(NCCSc2nc3ccccc3s2)c1. The van der Waals surface area contributed by atoms with Crippen LogP contribution in [0, 0.1) is 0 Å². The van der Waals surface area contributed by atoms with E-state index >= 15 is 0 Å². The van der Waals surface area contributed by atoms with E-state index in [4.69, 9.17) is 0 Å². The van der Waals surface area contributed by atoms with Gasteiger partial charge in [0.05, 0.1) is 10.2 Å². The zero-order valence-electron chi connectivity index (χ0n) is 10.7. The molecule has 3 rings (SSSR count). The van der Waals surface area contributed by atoms with Crippen LogP contribution in [-0.2, 0) is 0 Å². The topological polar surface area (TPSA) is 24.9 Å². The van der Waals surface area contributed by atoms with E-state index in [9.17, 15) is 0 Å². The first kappa shape index (κ1) is 13.9. The summed E-state index contributed by atoms with van der Waals surface area (Å²) in [5, 5.41) is 3.42. The Morgan fingerprint density at radius 2 is 2.05 bits per heavy atom. The molecule has 0 amide bonds. The molecule has 0 atom stereocenters. The molecular formula is C15H13BrN2S2.